The fraction of sp³-hybridized carbons (Fsp3) is 0.375. The zero-order chi connectivity index (χ0) is 19.7. The maximum atomic E-state index is 12.1. The van der Waals surface area contributed by atoms with Gasteiger partial charge in [-0.05, 0) is 48.6 Å². The Balaban J connectivity index is 1.46. The van der Waals surface area contributed by atoms with Crippen molar-refractivity contribution >= 4 is 11.0 Å². The minimum Gasteiger partial charge on any atom is -0.422 e. The highest BCUT2D eigenvalue weighted by atomic mass is 16.4. The summed E-state index contributed by atoms with van der Waals surface area (Å²) in [4.78, 5) is 17.1. The van der Waals surface area contributed by atoms with Crippen molar-refractivity contribution in [2.45, 2.75) is 33.9 Å². The summed E-state index contributed by atoms with van der Waals surface area (Å²) in [5.74, 6) is 0. The predicted molar refractivity (Wildman–Crippen MR) is 114 cm³/mol. The molecule has 4 heteroatoms. The van der Waals surface area contributed by atoms with Crippen molar-refractivity contribution in [1.82, 2.24) is 9.80 Å². The lowest BCUT2D eigenvalue weighted by atomic mass is 10.0. The van der Waals surface area contributed by atoms with Gasteiger partial charge in [0, 0.05) is 50.7 Å². The van der Waals surface area contributed by atoms with Crippen LogP contribution in [-0.2, 0) is 13.1 Å². The average Bonchev–Trinajstić information content (AvgIpc) is 2.68. The van der Waals surface area contributed by atoms with Crippen molar-refractivity contribution in [2.75, 3.05) is 26.2 Å². The van der Waals surface area contributed by atoms with E-state index in [0.717, 1.165) is 66.9 Å². The summed E-state index contributed by atoms with van der Waals surface area (Å²) >= 11 is 0. The first-order valence-electron chi connectivity index (χ1n) is 10.0. The monoisotopic (exact) mass is 376 g/mol. The molecule has 0 aliphatic carbocycles. The number of aryl methyl sites for hydroxylation is 3. The van der Waals surface area contributed by atoms with Crippen LogP contribution in [0.4, 0.5) is 0 Å². The van der Waals surface area contributed by atoms with Crippen LogP contribution in [0.1, 0.15) is 27.8 Å². The average molecular weight is 377 g/mol. The molecule has 146 valence electrons. The third-order valence-corrected chi connectivity index (χ3v) is 6.03. The SMILES string of the molecule is Cc1ccccc1CN1CCN(Cc2cc(=O)oc3c(C)c(C)ccc23)CC1. The fourth-order valence-electron chi connectivity index (χ4n) is 4.03. The van der Waals surface area contributed by atoms with Gasteiger partial charge in [-0.1, -0.05) is 36.4 Å². The van der Waals surface area contributed by atoms with Gasteiger partial charge in [0.05, 0.1) is 0 Å². The lowest BCUT2D eigenvalue weighted by molar-refractivity contribution is 0.122. The molecule has 0 atom stereocenters. The van der Waals surface area contributed by atoms with E-state index in [0.29, 0.717) is 0 Å². The van der Waals surface area contributed by atoms with Crippen molar-refractivity contribution in [3.05, 3.63) is 80.7 Å². The first kappa shape index (κ1) is 18.9. The standard InChI is InChI=1S/C24H28N2O2/c1-17-8-9-22-21(14-23(27)28-24(22)19(17)3)16-26-12-10-25(11-13-26)15-20-7-5-4-6-18(20)2/h4-9,14H,10-13,15-16H2,1-3H3. The number of hydrogen-bond acceptors (Lipinski definition) is 4. The summed E-state index contributed by atoms with van der Waals surface area (Å²) in [6.07, 6.45) is 0. The third-order valence-electron chi connectivity index (χ3n) is 6.03. The highest BCUT2D eigenvalue weighted by molar-refractivity contribution is 5.83. The molecule has 0 unspecified atom stereocenters. The minimum atomic E-state index is -0.255. The van der Waals surface area contributed by atoms with Crippen molar-refractivity contribution in [1.29, 1.82) is 0 Å². The lowest BCUT2D eigenvalue weighted by Gasteiger charge is -2.35. The van der Waals surface area contributed by atoms with Gasteiger partial charge in [0.1, 0.15) is 5.58 Å². The molecule has 1 aliphatic heterocycles. The predicted octanol–water partition coefficient (Wildman–Crippen LogP) is 4.04. The van der Waals surface area contributed by atoms with E-state index in [4.69, 9.17) is 4.42 Å². The van der Waals surface area contributed by atoms with Gasteiger partial charge < -0.3 is 4.42 Å². The van der Waals surface area contributed by atoms with Crippen molar-refractivity contribution in [2.24, 2.45) is 0 Å². The highest BCUT2D eigenvalue weighted by Crippen LogP contribution is 2.24. The second-order valence-electron chi connectivity index (χ2n) is 7.95. The molecule has 4 rings (SSSR count). The van der Waals surface area contributed by atoms with Gasteiger partial charge >= 0.3 is 5.63 Å². The van der Waals surface area contributed by atoms with Gasteiger partial charge in [0.2, 0.25) is 0 Å². The quantitative estimate of drug-likeness (QED) is 0.644. The number of rotatable bonds is 4. The molecule has 0 spiro atoms. The van der Waals surface area contributed by atoms with E-state index >= 15 is 0 Å². The number of nitrogens with zero attached hydrogens (tertiary/aromatic N) is 2. The van der Waals surface area contributed by atoms with Gasteiger partial charge in [-0.3, -0.25) is 9.80 Å². The Morgan fingerprint density at radius 2 is 1.46 bits per heavy atom. The van der Waals surface area contributed by atoms with Crippen molar-refractivity contribution < 1.29 is 4.42 Å². The van der Waals surface area contributed by atoms with E-state index in [1.54, 1.807) is 6.07 Å². The van der Waals surface area contributed by atoms with E-state index in [1.807, 2.05) is 6.92 Å². The van der Waals surface area contributed by atoms with Gasteiger partial charge in [-0.25, -0.2) is 4.79 Å². The second kappa shape index (κ2) is 7.90. The van der Waals surface area contributed by atoms with E-state index in [2.05, 4.69) is 60.0 Å². The summed E-state index contributed by atoms with van der Waals surface area (Å²) in [5, 5.41) is 1.06. The van der Waals surface area contributed by atoms with Crippen LogP contribution < -0.4 is 5.63 Å². The molecule has 0 radical (unpaired) electrons. The molecule has 2 heterocycles. The van der Waals surface area contributed by atoms with Gasteiger partial charge in [0.15, 0.2) is 0 Å². The summed E-state index contributed by atoms with van der Waals surface area (Å²) < 4.78 is 5.52. The zero-order valence-corrected chi connectivity index (χ0v) is 17.0. The van der Waals surface area contributed by atoms with Crippen LogP contribution in [0.2, 0.25) is 0 Å². The second-order valence-corrected chi connectivity index (χ2v) is 7.95. The number of hydrogen-bond donors (Lipinski definition) is 0. The van der Waals surface area contributed by atoms with Gasteiger partial charge in [-0.15, -0.1) is 0 Å². The molecule has 4 nitrogen and oxygen atoms in total. The molecular weight excluding hydrogens is 348 g/mol. The molecule has 1 aromatic heterocycles. The highest BCUT2D eigenvalue weighted by Gasteiger charge is 2.19. The van der Waals surface area contributed by atoms with Crippen molar-refractivity contribution in [3.63, 3.8) is 0 Å². The number of benzene rings is 2. The van der Waals surface area contributed by atoms with Crippen LogP contribution in [-0.4, -0.2) is 36.0 Å². The Morgan fingerprint density at radius 1 is 0.821 bits per heavy atom. The fourth-order valence-corrected chi connectivity index (χ4v) is 4.03. The number of piperazine rings is 1. The first-order valence-corrected chi connectivity index (χ1v) is 10.0. The molecule has 0 amide bonds. The van der Waals surface area contributed by atoms with Crippen LogP contribution >= 0.6 is 0 Å². The largest absolute Gasteiger partial charge is 0.422 e. The van der Waals surface area contributed by atoms with E-state index in [9.17, 15) is 4.79 Å². The van der Waals surface area contributed by atoms with Crippen LogP contribution in [0.3, 0.4) is 0 Å². The smallest absolute Gasteiger partial charge is 0.336 e. The van der Waals surface area contributed by atoms with Gasteiger partial charge in [0.25, 0.3) is 0 Å². The summed E-state index contributed by atoms with van der Waals surface area (Å²) in [7, 11) is 0. The normalized spacial score (nSPS) is 16.0. The molecule has 1 aliphatic rings. The Kier molecular flexibility index (Phi) is 5.33. The molecule has 0 saturated carbocycles. The van der Waals surface area contributed by atoms with Crippen molar-refractivity contribution in [3.8, 4) is 0 Å². The molecular formula is C24H28N2O2. The minimum absolute atomic E-state index is 0.255. The van der Waals surface area contributed by atoms with Crippen LogP contribution in [0.25, 0.3) is 11.0 Å². The van der Waals surface area contributed by atoms with E-state index in [1.165, 1.54) is 11.1 Å². The number of fused-ring (bicyclic) bond motifs is 1. The van der Waals surface area contributed by atoms with Crippen LogP contribution in [0.5, 0.6) is 0 Å². The lowest BCUT2D eigenvalue weighted by Crippen LogP contribution is -2.45. The Hall–Kier alpha value is -2.43. The molecule has 28 heavy (non-hydrogen) atoms. The maximum Gasteiger partial charge on any atom is 0.336 e. The molecule has 0 bridgehead atoms. The zero-order valence-electron chi connectivity index (χ0n) is 17.0. The topological polar surface area (TPSA) is 36.7 Å². The molecule has 2 aromatic carbocycles. The molecule has 1 fully saturated rings. The van der Waals surface area contributed by atoms with E-state index < -0.39 is 0 Å². The molecule has 3 aromatic rings. The first-order chi connectivity index (χ1) is 13.5. The Morgan fingerprint density at radius 3 is 2.14 bits per heavy atom. The Labute approximate surface area is 166 Å². The Bertz CT molecular complexity index is 1050. The third kappa shape index (κ3) is 3.89. The summed E-state index contributed by atoms with van der Waals surface area (Å²) in [6, 6.07) is 14.5. The van der Waals surface area contributed by atoms with Crippen LogP contribution in [0, 0.1) is 20.8 Å². The van der Waals surface area contributed by atoms with Gasteiger partial charge in [-0.2, -0.15) is 0 Å². The summed E-state index contributed by atoms with van der Waals surface area (Å²) in [6.45, 7) is 12.2. The van der Waals surface area contributed by atoms with E-state index in [-0.39, 0.29) is 5.63 Å². The molecule has 0 N–H and O–H groups in total. The van der Waals surface area contributed by atoms with Crippen LogP contribution in [0.15, 0.2) is 51.7 Å². The summed E-state index contributed by atoms with van der Waals surface area (Å²) in [5.41, 5.74) is 6.53. The molecule has 1 saturated heterocycles. The maximum absolute atomic E-state index is 12.1.